The van der Waals surface area contributed by atoms with E-state index in [4.69, 9.17) is 5.73 Å². The van der Waals surface area contributed by atoms with Crippen molar-refractivity contribution in [3.05, 3.63) is 29.8 Å². The number of nitrogens with zero attached hydrogens (tertiary/aromatic N) is 1. The molecule has 21 heavy (non-hydrogen) atoms. The first-order valence-electron chi connectivity index (χ1n) is 7.99. The lowest BCUT2D eigenvalue weighted by Gasteiger charge is -2.28. The minimum atomic E-state index is -0.0872. The molecule has 0 radical (unpaired) electrons. The Kier molecular flexibility index (Phi) is 5.62. The van der Waals surface area contributed by atoms with Gasteiger partial charge in [0.25, 0.3) is 0 Å². The third kappa shape index (κ3) is 4.74. The Balaban J connectivity index is 1.96. The summed E-state index contributed by atoms with van der Waals surface area (Å²) in [5, 5.41) is 3.04. The van der Waals surface area contributed by atoms with Crippen LogP contribution < -0.4 is 11.1 Å². The molecule has 116 valence electrons. The Hall–Kier alpha value is -1.55. The minimum Gasteiger partial charge on any atom is -0.399 e. The molecule has 0 aromatic heterocycles. The average Bonchev–Trinajstić information content (AvgIpc) is 3.29. The Morgan fingerprint density at radius 2 is 2.24 bits per heavy atom. The number of nitrogen functional groups attached to an aromatic ring is 1. The molecule has 1 fully saturated rings. The Bertz CT molecular complexity index is 471. The van der Waals surface area contributed by atoms with Crippen LogP contribution in [0.25, 0.3) is 0 Å². The van der Waals surface area contributed by atoms with Crippen LogP contribution in [-0.4, -0.2) is 29.4 Å². The van der Waals surface area contributed by atoms with Crippen LogP contribution in [0.4, 0.5) is 5.69 Å². The lowest BCUT2D eigenvalue weighted by Crippen LogP contribution is -2.46. The van der Waals surface area contributed by atoms with Crippen molar-refractivity contribution in [1.82, 2.24) is 10.2 Å². The van der Waals surface area contributed by atoms with Crippen molar-refractivity contribution in [1.29, 1.82) is 0 Å². The van der Waals surface area contributed by atoms with E-state index in [1.54, 1.807) is 0 Å². The number of amides is 1. The van der Waals surface area contributed by atoms with E-state index in [-0.39, 0.29) is 11.9 Å². The lowest BCUT2D eigenvalue weighted by atomic mass is 10.1. The number of anilines is 1. The Morgan fingerprint density at radius 1 is 1.48 bits per heavy atom. The molecule has 0 aliphatic heterocycles. The van der Waals surface area contributed by atoms with Crippen molar-refractivity contribution in [3.63, 3.8) is 0 Å². The number of unbranched alkanes of at least 4 members (excludes halogenated alkanes) is 1. The number of nitrogens with two attached hydrogens (primary N) is 1. The number of hydrogen-bond donors (Lipinski definition) is 2. The van der Waals surface area contributed by atoms with Crippen LogP contribution in [-0.2, 0) is 11.3 Å². The molecule has 4 heteroatoms. The van der Waals surface area contributed by atoms with Gasteiger partial charge in [-0.2, -0.15) is 0 Å². The van der Waals surface area contributed by atoms with E-state index in [2.05, 4.69) is 23.2 Å². The highest BCUT2D eigenvalue weighted by atomic mass is 16.2. The van der Waals surface area contributed by atoms with Gasteiger partial charge in [-0.3, -0.25) is 9.69 Å². The average molecular weight is 289 g/mol. The summed E-state index contributed by atoms with van der Waals surface area (Å²) in [5.41, 5.74) is 7.80. The summed E-state index contributed by atoms with van der Waals surface area (Å²) in [6.45, 7) is 5.70. The summed E-state index contributed by atoms with van der Waals surface area (Å²) in [7, 11) is 0. The van der Waals surface area contributed by atoms with Gasteiger partial charge in [0.2, 0.25) is 5.91 Å². The van der Waals surface area contributed by atoms with Gasteiger partial charge in [0.15, 0.2) is 0 Å². The fraction of sp³-hybridized carbons (Fsp3) is 0.588. The molecule has 1 aromatic carbocycles. The van der Waals surface area contributed by atoms with Gasteiger partial charge in [-0.25, -0.2) is 0 Å². The second-order valence-corrected chi connectivity index (χ2v) is 5.97. The van der Waals surface area contributed by atoms with Gasteiger partial charge in [0.05, 0.1) is 6.04 Å². The smallest absolute Gasteiger partial charge is 0.237 e. The molecule has 1 aromatic rings. The van der Waals surface area contributed by atoms with Crippen LogP contribution in [0.3, 0.4) is 0 Å². The van der Waals surface area contributed by atoms with E-state index in [1.807, 2.05) is 25.1 Å². The summed E-state index contributed by atoms with van der Waals surface area (Å²) in [4.78, 5) is 14.6. The first kappa shape index (κ1) is 15.8. The first-order chi connectivity index (χ1) is 10.1. The van der Waals surface area contributed by atoms with E-state index < -0.39 is 0 Å². The molecule has 1 atom stereocenters. The standard InChI is InChI=1S/C17H27N3O/c1-3-4-10-19-17(21)13(2)20(16-8-9-16)12-14-6-5-7-15(18)11-14/h5-7,11,13,16H,3-4,8-10,12,18H2,1-2H3,(H,19,21). The van der Waals surface area contributed by atoms with Crippen LogP contribution in [0.15, 0.2) is 24.3 Å². The van der Waals surface area contributed by atoms with Gasteiger partial charge < -0.3 is 11.1 Å². The molecular weight excluding hydrogens is 262 g/mol. The maximum atomic E-state index is 12.3. The fourth-order valence-corrected chi connectivity index (χ4v) is 2.58. The van der Waals surface area contributed by atoms with Gasteiger partial charge in [0, 0.05) is 24.8 Å². The molecule has 0 spiro atoms. The normalized spacial score (nSPS) is 16.0. The minimum absolute atomic E-state index is 0.0872. The molecule has 1 aliphatic carbocycles. The molecule has 1 aliphatic rings. The summed E-state index contributed by atoms with van der Waals surface area (Å²) in [5.74, 6) is 0.138. The maximum absolute atomic E-state index is 12.3. The zero-order valence-corrected chi connectivity index (χ0v) is 13.1. The molecule has 4 nitrogen and oxygen atoms in total. The molecule has 1 amide bonds. The zero-order chi connectivity index (χ0) is 15.2. The molecule has 1 unspecified atom stereocenters. The molecule has 0 bridgehead atoms. The SMILES string of the molecule is CCCCNC(=O)C(C)N(Cc1cccc(N)c1)C1CC1. The third-order valence-electron chi connectivity index (χ3n) is 4.04. The molecule has 1 saturated carbocycles. The van der Waals surface area contributed by atoms with Crippen molar-refractivity contribution in [2.24, 2.45) is 0 Å². The molecule has 2 rings (SSSR count). The van der Waals surface area contributed by atoms with Crippen LogP contribution in [0, 0.1) is 0 Å². The van der Waals surface area contributed by atoms with E-state index in [0.29, 0.717) is 6.04 Å². The second-order valence-electron chi connectivity index (χ2n) is 5.97. The number of benzene rings is 1. The second kappa shape index (κ2) is 7.46. The van der Waals surface area contributed by atoms with Crippen molar-refractivity contribution < 1.29 is 4.79 Å². The fourth-order valence-electron chi connectivity index (χ4n) is 2.58. The summed E-state index contributed by atoms with van der Waals surface area (Å²) in [6, 6.07) is 8.40. The quantitative estimate of drug-likeness (QED) is 0.571. The monoisotopic (exact) mass is 289 g/mol. The number of rotatable bonds is 8. The van der Waals surface area contributed by atoms with Crippen LogP contribution in [0.1, 0.15) is 45.1 Å². The molecule has 0 heterocycles. The molecule has 0 saturated heterocycles. The van der Waals surface area contributed by atoms with Crippen molar-refractivity contribution >= 4 is 11.6 Å². The number of nitrogens with one attached hydrogen (secondary N) is 1. The largest absolute Gasteiger partial charge is 0.399 e. The number of hydrogen-bond acceptors (Lipinski definition) is 3. The van der Waals surface area contributed by atoms with E-state index in [0.717, 1.165) is 31.6 Å². The Labute approximate surface area is 127 Å². The highest BCUT2D eigenvalue weighted by Gasteiger charge is 2.34. The van der Waals surface area contributed by atoms with E-state index in [9.17, 15) is 4.79 Å². The predicted molar refractivity (Wildman–Crippen MR) is 86.8 cm³/mol. The van der Waals surface area contributed by atoms with Crippen molar-refractivity contribution in [3.8, 4) is 0 Å². The van der Waals surface area contributed by atoms with Crippen molar-refractivity contribution in [2.75, 3.05) is 12.3 Å². The zero-order valence-electron chi connectivity index (χ0n) is 13.1. The summed E-state index contributed by atoms with van der Waals surface area (Å²) in [6.07, 6.45) is 4.52. The van der Waals surface area contributed by atoms with Gasteiger partial charge >= 0.3 is 0 Å². The third-order valence-corrected chi connectivity index (χ3v) is 4.04. The van der Waals surface area contributed by atoms with Crippen LogP contribution in [0.5, 0.6) is 0 Å². The van der Waals surface area contributed by atoms with Gasteiger partial charge in [0.1, 0.15) is 0 Å². The maximum Gasteiger partial charge on any atom is 0.237 e. The van der Waals surface area contributed by atoms with Crippen molar-refractivity contribution in [2.45, 2.75) is 58.2 Å². The summed E-state index contributed by atoms with van der Waals surface area (Å²) < 4.78 is 0. The lowest BCUT2D eigenvalue weighted by molar-refractivity contribution is -0.126. The van der Waals surface area contributed by atoms with Crippen LogP contribution >= 0.6 is 0 Å². The molecular formula is C17H27N3O. The number of carbonyl (C=O) groups is 1. The predicted octanol–water partition coefficient (Wildman–Crippen LogP) is 2.54. The van der Waals surface area contributed by atoms with E-state index in [1.165, 1.54) is 18.4 Å². The first-order valence-corrected chi connectivity index (χ1v) is 7.99. The van der Waals surface area contributed by atoms with Crippen LogP contribution in [0.2, 0.25) is 0 Å². The number of carbonyl (C=O) groups excluding carboxylic acids is 1. The summed E-state index contributed by atoms with van der Waals surface area (Å²) >= 11 is 0. The van der Waals surface area contributed by atoms with E-state index >= 15 is 0 Å². The molecule has 3 N–H and O–H groups in total. The van der Waals surface area contributed by atoms with Gasteiger partial charge in [-0.1, -0.05) is 25.5 Å². The highest BCUT2D eigenvalue weighted by Crippen LogP contribution is 2.30. The van der Waals surface area contributed by atoms with Gasteiger partial charge in [-0.15, -0.1) is 0 Å². The topological polar surface area (TPSA) is 58.4 Å². The highest BCUT2D eigenvalue weighted by molar-refractivity contribution is 5.81. The Morgan fingerprint density at radius 3 is 2.86 bits per heavy atom. The van der Waals surface area contributed by atoms with Gasteiger partial charge in [-0.05, 0) is 43.9 Å².